The monoisotopic (exact) mass is 225 g/mol. The Morgan fingerprint density at radius 3 is 2.50 bits per heavy atom. The molecule has 1 rings (SSSR count). The van der Waals surface area contributed by atoms with Crippen LogP contribution in [0.25, 0.3) is 6.08 Å². The Balaban J connectivity index is 2.81. The smallest absolute Gasteiger partial charge is 0.272 e. The fraction of sp³-hybridized carbons (Fsp3) is 0. The Labute approximate surface area is 90.3 Å². The Morgan fingerprint density at radius 1 is 1.25 bits per heavy atom. The highest BCUT2D eigenvalue weighted by atomic mass is 19.2. The minimum absolute atomic E-state index is 0.332. The zero-order valence-electron chi connectivity index (χ0n) is 8.15. The van der Waals surface area contributed by atoms with Gasteiger partial charge in [-0.3, -0.25) is 4.79 Å². The molecule has 4 nitrogen and oxygen atoms in total. The number of guanidine groups is 1. The van der Waals surface area contributed by atoms with Crippen LogP contribution in [0.4, 0.5) is 8.78 Å². The number of aliphatic imine (C=N–C) groups is 1. The second-order valence-corrected chi connectivity index (χ2v) is 2.88. The molecule has 0 heterocycles. The molecule has 0 aromatic heterocycles. The molecule has 0 saturated carbocycles. The number of hydrogen-bond acceptors (Lipinski definition) is 1. The molecule has 0 unspecified atom stereocenters. The van der Waals surface area contributed by atoms with Crippen LogP contribution >= 0.6 is 0 Å². The molecule has 0 fully saturated rings. The molecule has 0 aliphatic heterocycles. The third kappa shape index (κ3) is 3.49. The van der Waals surface area contributed by atoms with Gasteiger partial charge in [0.1, 0.15) is 0 Å². The molecule has 0 aliphatic carbocycles. The van der Waals surface area contributed by atoms with Crippen LogP contribution in [-0.4, -0.2) is 11.9 Å². The summed E-state index contributed by atoms with van der Waals surface area (Å²) in [6, 6.07) is 3.23. The third-order valence-electron chi connectivity index (χ3n) is 1.60. The zero-order chi connectivity index (χ0) is 12.1. The van der Waals surface area contributed by atoms with E-state index < -0.39 is 17.5 Å². The molecule has 1 aromatic rings. The normalized spacial score (nSPS) is 10.4. The molecule has 1 aromatic carbocycles. The van der Waals surface area contributed by atoms with Crippen molar-refractivity contribution in [3.63, 3.8) is 0 Å². The molecular formula is C10H9F2N3O. The number of carbonyl (C=O) groups excluding carboxylic acids is 1. The summed E-state index contributed by atoms with van der Waals surface area (Å²) in [5, 5.41) is 0. The highest BCUT2D eigenvalue weighted by Crippen LogP contribution is 2.09. The number of nitrogens with two attached hydrogens (primary N) is 2. The first kappa shape index (κ1) is 11.8. The quantitative estimate of drug-likeness (QED) is 0.443. The molecule has 0 radical (unpaired) electrons. The summed E-state index contributed by atoms with van der Waals surface area (Å²) in [7, 11) is 0. The summed E-state index contributed by atoms with van der Waals surface area (Å²) < 4.78 is 25.3. The second-order valence-electron chi connectivity index (χ2n) is 2.88. The molecule has 0 saturated heterocycles. The van der Waals surface area contributed by atoms with Crippen LogP contribution in [0.1, 0.15) is 5.56 Å². The lowest BCUT2D eigenvalue weighted by molar-refractivity contribution is -0.113. The first-order valence-electron chi connectivity index (χ1n) is 4.26. The van der Waals surface area contributed by atoms with Crippen LogP contribution in [0, 0.1) is 11.6 Å². The van der Waals surface area contributed by atoms with E-state index in [1.165, 1.54) is 12.1 Å². The number of amides is 1. The average Bonchev–Trinajstić information content (AvgIpc) is 2.19. The third-order valence-corrected chi connectivity index (χ3v) is 1.60. The van der Waals surface area contributed by atoms with Crippen LogP contribution in [-0.2, 0) is 4.79 Å². The Kier molecular flexibility index (Phi) is 3.71. The van der Waals surface area contributed by atoms with Crippen molar-refractivity contribution in [3.8, 4) is 0 Å². The number of halogens is 2. The Hall–Kier alpha value is -2.24. The summed E-state index contributed by atoms with van der Waals surface area (Å²) in [5.74, 6) is -2.98. The summed E-state index contributed by atoms with van der Waals surface area (Å²) in [4.78, 5) is 14.2. The van der Waals surface area contributed by atoms with Crippen molar-refractivity contribution in [3.05, 3.63) is 41.5 Å². The molecule has 0 bridgehead atoms. The molecular weight excluding hydrogens is 216 g/mol. The summed E-state index contributed by atoms with van der Waals surface area (Å²) in [5.41, 5.74) is 10.3. The van der Waals surface area contributed by atoms with Crippen molar-refractivity contribution in [2.75, 3.05) is 0 Å². The predicted octanol–water partition coefficient (Wildman–Crippen LogP) is 0.778. The first-order chi connectivity index (χ1) is 7.49. The minimum atomic E-state index is -0.989. The summed E-state index contributed by atoms with van der Waals surface area (Å²) in [6.07, 6.45) is 2.32. The molecule has 1 amide bonds. The van der Waals surface area contributed by atoms with E-state index in [0.29, 0.717) is 5.56 Å². The number of carbonyl (C=O) groups is 1. The van der Waals surface area contributed by atoms with Gasteiger partial charge in [0.15, 0.2) is 17.6 Å². The highest BCUT2D eigenvalue weighted by molar-refractivity contribution is 5.99. The number of benzene rings is 1. The fourth-order valence-electron chi connectivity index (χ4n) is 0.948. The van der Waals surface area contributed by atoms with Crippen LogP contribution < -0.4 is 11.5 Å². The van der Waals surface area contributed by atoms with Gasteiger partial charge in [-0.25, -0.2) is 8.78 Å². The molecule has 0 aliphatic rings. The van der Waals surface area contributed by atoms with Gasteiger partial charge in [0.05, 0.1) is 0 Å². The molecule has 6 heteroatoms. The number of hydrogen-bond donors (Lipinski definition) is 2. The van der Waals surface area contributed by atoms with E-state index in [1.807, 2.05) is 0 Å². The number of rotatable bonds is 2. The molecule has 0 atom stereocenters. The van der Waals surface area contributed by atoms with Crippen LogP contribution in [0.15, 0.2) is 29.3 Å². The Bertz CT molecular complexity index is 465. The molecule has 4 N–H and O–H groups in total. The molecule has 0 spiro atoms. The maximum atomic E-state index is 12.8. The van der Waals surface area contributed by atoms with Crippen LogP contribution in [0.5, 0.6) is 0 Å². The Morgan fingerprint density at radius 2 is 1.94 bits per heavy atom. The van der Waals surface area contributed by atoms with Crippen molar-refractivity contribution >= 4 is 17.9 Å². The van der Waals surface area contributed by atoms with Gasteiger partial charge < -0.3 is 11.5 Å². The van der Waals surface area contributed by atoms with Crippen molar-refractivity contribution < 1.29 is 13.6 Å². The maximum Gasteiger partial charge on any atom is 0.272 e. The highest BCUT2D eigenvalue weighted by Gasteiger charge is 2.00. The average molecular weight is 225 g/mol. The lowest BCUT2D eigenvalue weighted by Crippen LogP contribution is -2.23. The lowest BCUT2D eigenvalue weighted by atomic mass is 10.2. The van der Waals surface area contributed by atoms with Gasteiger partial charge >= 0.3 is 0 Å². The van der Waals surface area contributed by atoms with E-state index in [4.69, 9.17) is 11.5 Å². The summed E-state index contributed by atoms with van der Waals surface area (Å²) >= 11 is 0. The lowest BCUT2D eigenvalue weighted by Gasteiger charge is -1.94. The van der Waals surface area contributed by atoms with E-state index in [2.05, 4.69) is 4.99 Å². The van der Waals surface area contributed by atoms with Crippen molar-refractivity contribution in [2.24, 2.45) is 16.5 Å². The van der Waals surface area contributed by atoms with Crippen molar-refractivity contribution in [2.45, 2.75) is 0 Å². The van der Waals surface area contributed by atoms with Gasteiger partial charge in [-0.05, 0) is 23.8 Å². The number of nitrogens with zero attached hydrogens (tertiary/aromatic N) is 1. The van der Waals surface area contributed by atoms with Crippen molar-refractivity contribution in [1.29, 1.82) is 0 Å². The van der Waals surface area contributed by atoms with Crippen molar-refractivity contribution in [1.82, 2.24) is 0 Å². The zero-order valence-corrected chi connectivity index (χ0v) is 8.15. The van der Waals surface area contributed by atoms with Gasteiger partial charge in [0, 0.05) is 6.08 Å². The van der Waals surface area contributed by atoms with E-state index in [1.54, 1.807) is 0 Å². The predicted molar refractivity (Wildman–Crippen MR) is 56.2 cm³/mol. The van der Waals surface area contributed by atoms with E-state index >= 15 is 0 Å². The topological polar surface area (TPSA) is 81.5 Å². The van der Waals surface area contributed by atoms with Crippen LogP contribution in [0.2, 0.25) is 0 Å². The summed E-state index contributed by atoms with van der Waals surface area (Å²) in [6.45, 7) is 0. The largest absolute Gasteiger partial charge is 0.370 e. The van der Waals surface area contributed by atoms with E-state index in [0.717, 1.165) is 18.2 Å². The standard InChI is InChI=1S/C10H9F2N3O/c11-7-3-1-6(5-8(7)12)2-4-9(16)15-10(13)14/h1-5H,(H4,13,14,15,16)/b4-2+. The minimum Gasteiger partial charge on any atom is -0.370 e. The van der Waals surface area contributed by atoms with E-state index in [9.17, 15) is 13.6 Å². The maximum absolute atomic E-state index is 12.8. The fourth-order valence-corrected chi connectivity index (χ4v) is 0.948. The molecule has 84 valence electrons. The van der Waals surface area contributed by atoms with Crippen LogP contribution in [0.3, 0.4) is 0 Å². The van der Waals surface area contributed by atoms with Gasteiger partial charge in [-0.2, -0.15) is 4.99 Å². The second kappa shape index (κ2) is 5.01. The molecule has 16 heavy (non-hydrogen) atoms. The van der Waals surface area contributed by atoms with Gasteiger partial charge in [0.25, 0.3) is 5.91 Å². The van der Waals surface area contributed by atoms with Gasteiger partial charge in [-0.15, -0.1) is 0 Å². The first-order valence-corrected chi connectivity index (χ1v) is 4.26. The SMILES string of the molecule is NC(N)=NC(=O)/C=C/c1ccc(F)c(F)c1. The van der Waals surface area contributed by atoms with Gasteiger partial charge in [-0.1, -0.05) is 6.07 Å². The van der Waals surface area contributed by atoms with E-state index in [-0.39, 0.29) is 5.96 Å². The van der Waals surface area contributed by atoms with Gasteiger partial charge in [0.2, 0.25) is 0 Å².